The van der Waals surface area contributed by atoms with Crippen LogP contribution in [0.25, 0.3) is 0 Å². The molecule has 7 heteroatoms. The van der Waals surface area contributed by atoms with E-state index in [-0.39, 0.29) is 23.9 Å². The van der Waals surface area contributed by atoms with E-state index < -0.39 is 17.5 Å². The first-order valence-electron chi connectivity index (χ1n) is 8.16. The minimum Gasteiger partial charge on any atom is -0.378 e. The van der Waals surface area contributed by atoms with Gasteiger partial charge >= 0.3 is 0 Å². The number of carbonyl (C=O) groups is 2. The Morgan fingerprint density at radius 1 is 1.00 bits per heavy atom. The number of hydrogen-bond acceptors (Lipinski definition) is 3. The van der Waals surface area contributed by atoms with E-state index in [1.165, 1.54) is 4.90 Å². The van der Waals surface area contributed by atoms with Crippen LogP contribution in [0.3, 0.4) is 0 Å². The van der Waals surface area contributed by atoms with Gasteiger partial charge in [0, 0.05) is 37.8 Å². The molecule has 0 aromatic heterocycles. The zero-order valence-corrected chi connectivity index (χ0v) is 13.3. The van der Waals surface area contributed by atoms with Crippen LogP contribution >= 0.6 is 0 Å². The van der Waals surface area contributed by atoms with E-state index in [1.807, 2.05) is 0 Å². The summed E-state index contributed by atoms with van der Waals surface area (Å²) in [5, 5.41) is 0. The van der Waals surface area contributed by atoms with Crippen molar-refractivity contribution >= 4 is 11.8 Å². The Balaban J connectivity index is 1.68. The van der Waals surface area contributed by atoms with Crippen LogP contribution in [0.2, 0.25) is 0 Å². The third kappa shape index (κ3) is 3.72. The Bertz CT molecular complexity index is 612. The second kappa shape index (κ2) is 7.25. The molecule has 2 heterocycles. The average Bonchev–Trinajstić information content (AvgIpc) is 2.60. The van der Waals surface area contributed by atoms with Crippen molar-refractivity contribution in [2.45, 2.75) is 12.8 Å². The van der Waals surface area contributed by atoms with Crippen LogP contribution in [-0.4, -0.2) is 61.0 Å². The Morgan fingerprint density at radius 3 is 2.33 bits per heavy atom. The van der Waals surface area contributed by atoms with Gasteiger partial charge in [-0.05, 0) is 25.0 Å². The van der Waals surface area contributed by atoms with Gasteiger partial charge in [-0.15, -0.1) is 0 Å². The van der Waals surface area contributed by atoms with E-state index in [4.69, 9.17) is 4.74 Å². The fourth-order valence-corrected chi connectivity index (χ4v) is 3.26. The van der Waals surface area contributed by atoms with Crippen LogP contribution < -0.4 is 0 Å². The Labute approximate surface area is 139 Å². The molecule has 0 aliphatic carbocycles. The first-order valence-corrected chi connectivity index (χ1v) is 8.16. The number of morpholine rings is 1. The van der Waals surface area contributed by atoms with Crippen molar-refractivity contribution in [2.24, 2.45) is 5.92 Å². The molecule has 0 bridgehead atoms. The largest absolute Gasteiger partial charge is 0.378 e. The maximum Gasteiger partial charge on any atom is 0.254 e. The van der Waals surface area contributed by atoms with Gasteiger partial charge in [-0.25, -0.2) is 8.78 Å². The first-order chi connectivity index (χ1) is 11.5. The molecule has 0 N–H and O–H groups in total. The molecule has 1 aromatic rings. The Kier molecular flexibility index (Phi) is 5.08. The van der Waals surface area contributed by atoms with Crippen LogP contribution in [0, 0.1) is 17.6 Å². The van der Waals surface area contributed by atoms with Gasteiger partial charge < -0.3 is 14.5 Å². The molecule has 1 unspecified atom stereocenters. The van der Waals surface area contributed by atoms with Crippen molar-refractivity contribution < 1.29 is 23.1 Å². The maximum absolute atomic E-state index is 13.3. The number of rotatable bonds is 2. The van der Waals surface area contributed by atoms with E-state index in [9.17, 15) is 18.4 Å². The molecule has 0 saturated carbocycles. The quantitative estimate of drug-likeness (QED) is 0.824. The molecule has 130 valence electrons. The van der Waals surface area contributed by atoms with Gasteiger partial charge in [0.1, 0.15) is 11.6 Å². The van der Waals surface area contributed by atoms with Crippen LogP contribution in [0.15, 0.2) is 18.2 Å². The summed E-state index contributed by atoms with van der Waals surface area (Å²) >= 11 is 0. The molecule has 0 spiro atoms. The fraction of sp³-hybridized carbons (Fsp3) is 0.529. The summed E-state index contributed by atoms with van der Waals surface area (Å²) in [5.41, 5.74) is -0.0213. The van der Waals surface area contributed by atoms with Crippen molar-refractivity contribution in [3.63, 3.8) is 0 Å². The summed E-state index contributed by atoms with van der Waals surface area (Å²) in [6.45, 7) is 2.97. The molecular formula is C17H20F2N2O3. The van der Waals surface area contributed by atoms with Gasteiger partial charge in [-0.2, -0.15) is 0 Å². The predicted molar refractivity (Wildman–Crippen MR) is 82.4 cm³/mol. The smallest absolute Gasteiger partial charge is 0.254 e. The van der Waals surface area contributed by atoms with Crippen LogP contribution in [0.5, 0.6) is 0 Å². The monoisotopic (exact) mass is 338 g/mol. The molecule has 24 heavy (non-hydrogen) atoms. The molecule has 2 amide bonds. The number of likely N-dealkylation sites (tertiary alicyclic amines) is 1. The van der Waals surface area contributed by atoms with E-state index in [2.05, 4.69) is 0 Å². The molecule has 2 aliphatic heterocycles. The molecule has 3 rings (SSSR count). The van der Waals surface area contributed by atoms with E-state index in [0.717, 1.165) is 24.6 Å². The standard InChI is InChI=1S/C17H20F2N2O3/c18-14-8-13(9-15(19)10-14)17(23)21-3-1-2-12(11-21)16(22)20-4-6-24-7-5-20/h8-10,12H,1-7,11H2. The van der Waals surface area contributed by atoms with Gasteiger partial charge in [0.2, 0.25) is 5.91 Å². The molecule has 2 saturated heterocycles. The lowest BCUT2D eigenvalue weighted by Gasteiger charge is -2.36. The maximum atomic E-state index is 13.3. The van der Waals surface area contributed by atoms with Crippen molar-refractivity contribution in [1.29, 1.82) is 0 Å². The summed E-state index contributed by atoms with van der Waals surface area (Å²) < 4.78 is 31.9. The second-order valence-corrected chi connectivity index (χ2v) is 6.19. The first kappa shape index (κ1) is 16.8. The van der Waals surface area contributed by atoms with Crippen molar-refractivity contribution in [3.8, 4) is 0 Å². The molecule has 1 atom stereocenters. The van der Waals surface area contributed by atoms with Gasteiger partial charge in [0.25, 0.3) is 5.91 Å². The number of hydrogen-bond donors (Lipinski definition) is 0. The SMILES string of the molecule is O=C(c1cc(F)cc(F)c1)N1CCCC(C(=O)N2CCOCC2)C1. The minimum absolute atomic E-state index is 0.0213. The number of amides is 2. The molecule has 2 fully saturated rings. The lowest BCUT2D eigenvalue weighted by molar-refractivity contribution is -0.141. The van der Waals surface area contributed by atoms with Crippen LogP contribution in [-0.2, 0) is 9.53 Å². The highest BCUT2D eigenvalue weighted by Gasteiger charge is 2.32. The van der Waals surface area contributed by atoms with Crippen molar-refractivity contribution in [2.75, 3.05) is 39.4 Å². The lowest BCUT2D eigenvalue weighted by Crippen LogP contribution is -2.49. The van der Waals surface area contributed by atoms with E-state index in [1.54, 1.807) is 4.90 Å². The fourth-order valence-electron chi connectivity index (χ4n) is 3.26. The van der Waals surface area contributed by atoms with E-state index in [0.29, 0.717) is 39.3 Å². The highest BCUT2D eigenvalue weighted by atomic mass is 19.1. The summed E-state index contributed by atoms with van der Waals surface area (Å²) in [6.07, 6.45) is 1.42. The molecule has 2 aliphatic rings. The number of nitrogens with zero attached hydrogens (tertiary/aromatic N) is 2. The summed E-state index contributed by atoms with van der Waals surface area (Å²) in [7, 11) is 0. The Morgan fingerprint density at radius 2 is 1.67 bits per heavy atom. The molecule has 0 radical (unpaired) electrons. The predicted octanol–water partition coefficient (Wildman–Crippen LogP) is 1.68. The Hall–Kier alpha value is -2.02. The number of ether oxygens (including phenoxy) is 1. The van der Waals surface area contributed by atoms with Gasteiger partial charge in [-0.3, -0.25) is 9.59 Å². The third-order valence-corrected chi connectivity index (χ3v) is 4.49. The highest BCUT2D eigenvalue weighted by Crippen LogP contribution is 2.22. The number of benzene rings is 1. The van der Waals surface area contributed by atoms with Crippen LogP contribution in [0.1, 0.15) is 23.2 Å². The van der Waals surface area contributed by atoms with E-state index >= 15 is 0 Å². The lowest BCUT2D eigenvalue weighted by atomic mass is 9.95. The summed E-state index contributed by atoms with van der Waals surface area (Å²) in [6, 6.07) is 2.79. The highest BCUT2D eigenvalue weighted by molar-refractivity contribution is 5.94. The number of carbonyl (C=O) groups excluding carboxylic acids is 2. The van der Waals surface area contributed by atoms with Crippen molar-refractivity contribution in [3.05, 3.63) is 35.4 Å². The summed E-state index contributed by atoms with van der Waals surface area (Å²) in [4.78, 5) is 28.4. The zero-order chi connectivity index (χ0) is 17.1. The van der Waals surface area contributed by atoms with Gasteiger partial charge in [0.15, 0.2) is 0 Å². The van der Waals surface area contributed by atoms with Crippen molar-refractivity contribution in [1.82, 2.24) is 9.80 Å². The second-order valence-electron chi connectivity index (χ2n) is 6.19. The topological polar surface area (TPSA) is 49.9 Å². The average molecular weight is 338 g/mol. The van der Waals surface area contributed by atoms with Gasteiger partial charge in [-0.1, -0.05) is 0 Å². The van der Waals surface area contributed by atoms with Gasteiger partial charge in [0.05, 0.1) is 19.1 Å². The zero-order valence-electron chi connectivity index (χ0n) is 13.3. The third-order valence-electron chi connectivity index (χ3n) is 4.49. The summed E-state index contributed by atoms with van der Waals surface area (Å²) in [5.74, 6) is -2.24. The normalized spacial score (nSPS) is 21.7. The minimum atomic E-state index is -0.781. The number of piperidine rings is 1. The molecule has 1 aromatic carbocycles. The van der Waals surface area contributed by atoms with Crippen LogP contribution in [0.4, 0.5) is 8.78 Å². The molecule has 5 nitrogen and oxygen atoms in total. The molecular weight excluding hydrogens is 318 g/mol. The number of halogens is 2.